The molecule has 1 heterocycles. The lowest BCUT2D eigenvalue weighted by atomic mass is 9.83. The third-order valence-corrected chi connectivity index (χ3v) is 3.86. The Morgan fingerprint density at radius 2 is 2.06 bits per heavy atom. The van der Waals surface area contributed by atoms with Gasteiger partial charge in [0.15, 0.2) is 0 Å². The van der Waals surface area contributed by atoms with Gasteiger partial charge in [-0.2, -0.15) is 0 Å². The molecule has 1 fully saturated rings. The van der Waals surface area contributed by atoms with E-state index in [1.807, 2.05) is 6.08 Å². The Kier molecular flexibility index (Phi) is 5.49. The number of nitrogens with zero attached hydrogens (tertiary/aromatic N) is 1. The van der Waals surface area contributed by atoms with Crippen molar-refractivity contribution in [3.63, 3.8) is 0 Å². The van der Waals surface area contributed by atoms with Gasteiger partial charge in [-0.15, -0.1) is 0 Å². The van der Waals surface area contributed by atoms with Crippen molar-refractivity contribution in [2.45, 2.75) is 46.7 Å². The molecule has 3 heteroatoms. The van der Waals surface area contributed by atoms with Crippen LogP contribution in [0, 0.1) is 11.3 Å². The summed E-state index contributed by atoms with van der Waals surface area (Å²) in [5.41, 5.74) is 1.93. The molecule has 1 rings (SSSR count). The summed E-state index contributed by atoms with van der Waals surface area (Å²) in [4.78, 5) is 2.56. The summed E-state index contributed by atoms with van der Waals surface area (Å²) in [7, 11) is 0. The Bertz CT molecular complexity index is 255. The smallest absolute Gasteiger partial charge is 0.0273 e. The van der Waals surface area contributed by atoms with Crippen LogP contribution in [0.3, 0.4) is 0 Å². The maximum absolute atomic E-state index is 5.66. The fraction of sp³-hybridized carbons (Fsp3) is 0.857. The zero-order valence-electron chi connectivity index (χ0n) is 11.8. The molecule has 2 nitrogen and oxygen atoms in total. The van der Waals surface area contributed by atoms with Crippen LogP contribution in [0.2, 0.25) is 0 Å². The molecular weight excluding hydrogens is 232 g/mol. The second-order valence-electron chi connectivity index (χ2n) is 6.46. The number of hydrogen-bond donors (Lipinski definition) is 1. The molecule has 100 valence electrons. The van der Waals surface area contributed by atoms with Crippen LogP contribution < -0.4 is 5.32 Å². The summed E-state index contributed by atoms with van der Waals surface area (Å²) in [6, 6.07) is 1.17. The first-order valence-corrected chi connectivity index (χ1v) is 7.02. The molecule has 1 aliphatic rings. The van der Waals surface area contributed by atoms with Crippen molar-refractivity contribution in [3.8, 4) is 0 Å². The molecule has 0 aromatic heterocycles. The van der Waals surface area contributed by atoms with Gasteiger partial charge >= 0.3 is 0 Å². The predicted octanol–water partition coefficient (Wildman–Crippen LogP) is 3.08. The van der Waals surface area contributed by atoms with Gasteiger partial charge in [0, 0.05) is 37.3 Å². The number of piperazine rings is 1. The summed E-state index contributed by atoms with van der Waals surface area (Å²) in [6.07, 6.45) is 2.04. The third-order valence-electron chi connectivity index (χ3n) is 3.68. The van der Waals surface area contributed by atoms with Crippen LogP contribution in [-0.2, 0) is 0 Å². The minimum Gasteiger partial charge on any atom is -0.311 e. The third kappa shape index (κ3) is 4.27. The molecule has 0 radical (unpaired) electrons. The summed E-state index contributed by atoms with van der Waals surface area (Å²) < 4.78 is 0. The topological polar surface area (TPSA) is 15.3 Å². The van der Waals surface area contributed by atoms with Gasteiger partial charge in [0.2, 0.25) is 0 Å². The Balaban J connectivity index is 2.72. The highest BCUT2D eigenvalue weighted by atomic mass is 35.5. The fourth-order valence-electron chi connectivity index (χ4n) is 2.51. The number of rotatable bonds is 3. The SMILES string of the molecule is CC(C)C1CN(C/C=C/Cl)C(C(C)(C)C)CN1. The van der Waals surface area contributed by atoms with E-state index in [2.05, 4.69) is 44.8 Å². The van der Waals surface area contributed by atoms with Crippen LogP contribution in [0.15, 0.2) is 11.6 Å². The Morgan fingerprint density at radius 3 is 2.53 bits per heavy atom. The lowest BCUT2D eigenvalue weighted by molar-refractivity contribution is 0.0559. The second kappa shape index (κ2) is 6.21. The molecule has 1 N–H and O–H groups in total. The average molecular weight is 259 g/mol. The van der Waals surface area contributed by atoms with Crippen LogP contribution in [0.4, 0.5) is 0 Å². The van der Waals surface area contributed by atoms with Crippen molar-refractivity contribution in [3.05, 3.63) is 11.6 Å². The largest absolute Gasteiger partial charge is 0.311 e. The quantitative estimate of drug-likeness (QED) is 0.837. The van der Waals surface area contributed by atoms with Crippen LogP contribution >= 0.6 is 11.6 Å². The van der Waals surface area contributed by atoms with Gasteiger partial charge in [0.05, 0.1) is 0 Å². The van der Waals surface area contributed by atoms with Crippen molar-refractivity contribution < 1.29 is 0 Å². The van der Waals surface area contributed by atoms with Gasteiger partial charge in [0.1, 0.15) is 0 Å². The average Bonchev–Trinajstić information content (AvgIpc) is 2.24. The minimum absolute atomic E-state index is 0.301. The van der Waals surface area contributed by atoms with Gasteiger partial charge in [-0.25, -0.2) is 0 Å². The first kappa shape index (κ1) is 15.0. The molecule has 0 aromatic rings. The van der Waals surface area contributed by atoms with E-state index < -0.39 is 0 Å². The molecule has 0 amide bonds. The molecule has 17 heavy (non-hydrogen) atoms. The van der Waals surface area contributed by atoms with Gasteiger partial charge < -0.3 is 5.32 Å². The van der Waals surface area contributed by atoms with Crippen molar-refractivity contribution in [1.82, 2.24) is 10.2 Å². The van der Waals surface area contributed by atoms with E-state index in [1.165, 1.54) is 0 Å². The Hall–Kier alpha value is -0.0500. The van der Waals surface area contributed by atoms with Crippen molar-refractivity contribution in [1.29, 1.82) is 0 Å². The maximum Gasteiger partial charge on any atom is 0.0273 e. The van der Waals surface area contributed by atoms with E-state index in [1.54, 1.807) is 5.54 Å². The summed E-state index contributed by atoms with van der Waals surface area (Å²) in [5.74, 6) is 0.679. The van der Waals surface area contributed by atoms with Crippen LogP contribution in [0.5, 0.6) is 0 Å². The van der Waals surface area contributed by atoms with E-state index in [-0.39, 0.29) is 0 Å². The molecule has 0 saturated carbocycles. The first-order valence-electron chi connectivity index (χ1n) is 6.59. The van der Waals surface area contributed by atoms with E-state index in [0.717, 1.165) is 19.6 Å². The molecule has 2 atom stereocenters. The van der Waals surface area contributed by atoms with Crippen molar-refractivity contribution in [2.75, 3.05) is 19.6 Å². The van der Waals surface area contributed by atoms with Crippen molar-refractivity contribution >= 4 is 11.6 Å². The highest BCUT2D eigenvalue weighted by Crippen LogP contribution is 2.27. The van der Waals surface area contributed by atoms with E-state index in [0.29, 0.717) is 23.4 Å². The Labute approximate surface area is 111 Å². The van der Waals surface area contributed by atoms with Gasteiger partial charge in [0.25, 0.3) is 0 Å². The van der Waals surface area contributed by atoms with Crippen LogP contribution in [-0.4, -0.2) is 36.6 Å². The van der Waals surface area contributed by atoms with Crippen molar-refractivity contribution in [2.24, 2.45) is 11.3 Å². The monoisotopic (exact) mass is 258 g/mol. The normalized spacial score (nSPS) is 28.2. The van der Waals surface area contributed by atoms with Gasteiger partial charge in [-0.1, -0.05) is 52.3 Å². The summed E-state index contributed by atoms with van der Waals surface area (Å²) in [6.45, 7) is 14.6. The molecular formula is C14H27ClN2. The molecule has 2 unspecified atom stereocenters. The second-order valence-corrected chi connectivity index (χ2v) is 6.71. The highest BCUT2D eigenvalue weighted by Gasteiger charge is 2.35. The summed E-state index contributed by atoms with van der Waals surface area (Å²) in [5, 5.41) is 3.68. The Morgan fingerprint density at radius 1 is 1.41 bits per heavy atom. The van der Waals surface area contributed by atoms with E-state index in [9.17, 15) is 0 Å². The number of nitrogens with one attached hydrogen (secondary N) is 1. The zero-order valence-corrected chi connectivity index (χ0v) is 12.6. The highest BCUT2D eigenvalue weighted by molar-refractivity contribution is 6.25. The summed E-state index contributed by atoms with van der Waals surface area (Å²) >= 11 is 5.66. The molecule has 0 spiro atoms. The zero-order chi connectivity index (χ0) is 13.1. The molecule has 0 bridgehead atoms. The molecule has 0 aromatic carbocycles. The van der Waals surface area contributed by atoms with Crippen LogP contribution in [0.25, 0.3) is 0 Å². The predicted molar refractivity (Wildman–Crippen MR) is 76.4 cm³/mol. The molecule has 0 aliphatic carbocycles. The lowest BCUT2D eigenvalue weighted by Crippen LogP contribution is -2.61. The fourth-order valence-corrected chi connectivity index (χ4v) is 2.59. The van der Waals surface area contributed by atoms with Crippen LogP contribution in [0.1, 0.15) is 34.6 Å². The standard InChI is InChI=1S/C14H27ClN2/c1-11(2)12-10-17(8-6-7-15)13(9-16-12)14(3,4)5/h6-7,11-13,16H,8-10H2,1-5H3/b7-6+. The van der Waals surface area contributed by atoms with E-state index >= 15 is 0 Å². The lowest BCUT2D eigenvalue weighted by Gasteiger charge is -2.47. The van der Waals surface area contributed by atoms with E-state index in [4.69, 9.17) is 11.6 Å². The van der Waals surface area contributed by atoms with Gasteiger partial charge in [-0.05, 0) is 11.3 Å². The minimum atomic E-state index is 0.301. The molecule has 1 aliphatic heterocycles. The number of halogens is 1. The van der Waals surface area contributed by atoms with Gasteiger partial charge in [-0.3, -0.25) is 4.90 Å². The number of hydrogen-bond acceptors (Lipinski definition) is 2. The maximum atomic E-state index is 5.66. The first-order chi connectivity index (χ1) is 7.86. The molecule has 1 saturated heterocycles.